The lowest BCUT2D eigenvalue weighted by atomic mass is 10.0. The minimum Gasteiger partial charge on any atom is -0.309 e. The SMILES string of the molecule is C1#CCC=C(c2ccc3c(c2)c2ccccc2n3-c2ccccc2)C=C1.CC.Cc1c(S)cccc1-c1nc(-c2cccc(-c3ccccc3)c2)nc(-c2cccc(-c3ccccc3)c2)n1. The molecule has 10 aromatic rings. The number of allylic oxidation sites excluding steroid dienone is 4. The van der Waals surface area contributed by atoms with Gasteiger partial charge in [0.2, 0.25) is 0 Å². The molecule has 2 aromatic heterocycles. The summed E-state index contributed by atoms with van der Waals surface area (Å²) >= 11 is 4.65. The highest BCUT2D eigenvalue weighted by molar-refractivity contribution is 7.80. The number of rotatable bonds is 7. The molecule has 0 aliphatic heterocycles. The molecule has 318 valence electrons. The molecular formula is C61H48N4S. The van der Waals surface area contributed by atoms with Crippen LogP contribution in [0.15, 0.2) is 223 Å². The van der Waals surface area contributed by atoms with Gasteiger partial charge in [0.25, 0.3) is 0 Å². The van der Waals surface area contributed by atoms with E-state index in [2.05, 4.69) is 187 Å². The van der Waals surface area contributed by atoms with E-state index >= 15 is 0 Å². The first-order valence-electron chi connectivity index (χ1n) is 22.4. The number of nitrogens with zero attached hydrogens (tertiary/aromatic N) is 4. The molecule has 66 heavy (non-hydrogen) atoms. The van der Waals surface area contributed by atoms with Crippen LogP contribution in [0.25, 0.3) is 89.5 Å². The number of para-hydroxylation sites is 2. The van der Waals surface area contributed by atoms with Crippen LogP contribution < -0.4 is 0 Å². The highest BCUT2D eigenvalue weighted by Gasteiger charge is 2.16. The van der Waals surface area contributed by atoms with Crippen molar-refractivity contribution in [2.45, 2.75) is 32.1 Å². The Kier molecular flexibility index (Phi) is 13.2. The lowest BCUT2D eigenvalue weighted by Crippen LogP contribution is -2.01. The first-order valence-corrected chi connectivity index (χ1v) is 22.8. The maximum Gasteiger partial charge on any atom is 0.164 e. The number of aromatic nitrogens is 4. The van der Waals surface area contributed by atoms with Gasteiger partial charge in [-0.2, -0.15) is 0 Å². The fraction of sp³-hybridized carbons (Fsp3) is 0.0656. The minimum absolute atomic E-state index is 0.633. The largest absolute Gasteiger partial charge is 0.309 e. The second kappa shape index (κ2) is 20.2. The molecule has 0 N–H and O–H groups in total. The van der Waals surface area contributed by atoms with Crippen LogP contribution in [0.3, 0.4) is 0 Å². The van der Waals surface area contributed by atoms with Crippen molar-refractivity contribution in [3.8, 4) is 73.9 Å². The Morgan fingerprint density at radius 3 is 1.65 bits per heavy atom. The molecule has 4 nitrogen and oxygen atoms in total. The summed E-state index contributed by atoms with van der Waals surface area (Å²) in [5, 5.41) is 2.56. The Labute approximate surface area is 393 Å². The second-order valence-corrected chi connectivity index (χ2v) is 16.1. The van der Waals surface area contributed by atoms with Crippen LogP contribution in [-0.4, -0.2) is 19.5 Å². The van der Waals surface area contributed by atoms with Gasteiger partial charge in [0.15, 0.2) is 17.5 Å². The molecule has 0 unspecified atom stereocenters. The summed E-state index contributed by atoms with van der Waals surface area (Å²) in [6.45, 7) is 6.05. The zero-order valence-corrected chi connectivity index (χ0v) is 38.1. The molecule has 0 atom stereocenters. The van der Waals surface area contributed by atoms with Crippen molar-refractivity contribution in [2.24, 2.45) is 0 Å². The van der Waals surface area contributed by atoms with Gasteiger partial charge in [0.05, 0.1) is 11.0 Å². The van der Waals surface area contributed by atoms with E-state index in [9.17, 15) is 0 Å². The number of thiol groups is 1. The Balaban J connectivity index is 0.000000170. The van der Waals surface area contributed by atoms with Crippen LogP contribution in [-0.2, 0) is 0 Å². The Bertz CT molecular complexity index is 3330. The Morgan fingerprint density at radius 2 is 1.00 bits per heavy atom. The minimum atomic E-state index is 0.633. The van der Waals surface area contributed by atoms with E-state index in [1.54, 1.807) is 0 Å². The van der Waals surface area contributed by atoms with E-state index in [1.807, 2.05) is 81.4 Å². The third-order valence-corrected chi connectivity index (χ3v) is 12.0. The van der Waals surface area contributed by atoms with Crippen molar-refractivity contribution in [2.75, 3.05) is 0 Å². The van der Waals surface area contributed by atoms with Gasteiger partial charge >= 0.3 is 0 Å². The van der Waals surface area contributed by atoms with E-state index in [1.165, 1.54) is 38.6 Å². The fourth-order valence-corrected chi connectivity index (χ4v) is 8.46. The average Bonchev–Trinajstić information content (AvgIpc) is 3.49. The standard InChI is InChI=1S/C34H25N3S.C25H17N.C2H6/c1-23-30(19-10-20-31(23)38)34-36-32(28-17-8-15-26(21-28)24-11-4-2-5-12-24)35-33(37-34)29-18-9-16-27(22-29)25-13-6-3-7-14-25;1-2-5-11-19(10-4-1)20-16-17-25-23(18-20)22-14-8-9-15-24(22)26(25)21-12-6-3-7-13-21;1-2/h2-22,38H,1H3;3-4,6-18H,5H2;1-2H3. The summed E-state index contributed by atoms with van der Waals surface area (Å²) in [5.41, 5.74) is 14.5. The van der Waals surface area contributed by atoms with Crippen molar-refractivity contribution in [1.29, 1.82) is 0 Å². The third kappa shape index (κ3) is 9.28. The van der Waals surface area contributed by atoms with Crippen molar-refractivity contribution in [3.05, 3.63) is 230 Å². The van der Waals surface area contributed by atoms with Gasteiger partial charge in [-0.1, -0.05) is 183 Å². The summed E-state index contributed by atoms with van der Waals surface area (Å²) < 4.78 is 2.34. The summed E-state index contributed by atoms with van der Waals surface area (Å²) in [6.07, 6.45) is 7.05. The lowest BCUT2D eigenvalue weighted by Gasteiger charge is -2.12. The maximum atomic E-state index is 4.98. The third-order valence-electron chi connectivity index (χ3n) is 11.5. The summed E-state index contributed by atoms with van der Waals surface area (Å²) in [7, 11) is 0. The zero-order valence-electron chi connectivity index (χ0n) is 37.2. The number of fused-ring (bicyclic) bond motifs is 3. The predicted octanol–water partition coefficient (Wildman–Crippen LogP) is 16.0. The highest BCUT2D eigenvalue weighted by atomic mass is 32.1. The molecule has 1 aliphatic rings. The number of benzene rings is 8. The molecule has 5 heteroatoms. The van der Waals surface area contributed by atoms with Crippen molar-refractivity contribution in [1.82, 2.24) is 19.5 Å². The molecule has 1 aliphatic carbocycles. The van der Waals surface area contributed by atoms with Crippen LogP contribution >= 0.6 is 12.6 Å². The van der Waals surface area contributed by atoms with Gasteiger partial charge in [-0.25, -0.2) is 15.0 Å². The van der Waals surface area contributed by atoms with Gasteiger partial charge in [0, 0.05) is 44.5 Å². The lowest BCUT2D eigenvalue weighted by molar-refractivity contribution is 1.07. The molecule has 0 spiro atoms. The normalized spacial score (nSPS) is 11.6. The first-order chi connectivity index (χ1) is 32.6. The Hall–Kier alpha value is -8.04. The molecule has 0 bridgehead atoms. The number of hydrogen-bond acceptors (Lipinski definition) is 4. The van der Waals surface area contributed by atoms with Crippen molar-refractivity contribution < 1.29 is 0 Å². The summed E-state index contributed by atoms with van der Waals surface area (Å²) in [4.78, 5) is 15.8. The smallest absolute Gasteiger partial charge is 0.164 e. The van der Waals surface area contributed by atoms with E-state index < -0.39 is 0 Å². The first kappa shape index (κ1) is 43.2. The van der Waals surface area contributed by atoms with E-state index in [0.717, 1.165) is 55.8 Å². The molecule has 8 aromatic carbocycles. The molecule has 0 radical (unpaired) electrons. The van der Waals surface area contributed by atoms with E-state index in [-0.39, 0.29) is 0 Å². The predicted molar refractivity (Wildman–Crippen MR) is 281 cm³/mol. The van der Waals surface area contributed by atoms with Gasteiger partial charge < -0.3 is 4.57 Å². The summed E-state index contributed by atoms with van der Waals surface area (Å²) in [5.74, 6) is 8.08. The molecule has 2 heterocycles. The van der Waals surface area contributed by atoms with Gasteiger partial charge in [-0.3, -0.25) is 0 Å². The van der Waals surface area contributed by atoms with Gasteiger partial charge in [-0.15, -0.1) is 12.6 Å². The second-order valence-electron chi connectivity index (χ2n) is 15.6. The summed E-state index contributed by atoms with van der Waals surface area (Å²) in [6, 6.07) is 69.3. The molecular weight excluding hydrogens is 821 g/mol. The average molecular weight is 869 g/mol. The molecule has 0 saturated carbocycles. The van der Waals surface area contributed by atoms with Crippen LogP contribution in [0.4, 0.5) is 0 Å². The van der Waals surface area contributed by atoms with Crippen LogP contribution in [0.5, 0.6) is 0 Å². The van der Waals surface area contributed by atoms with Crippen molar-refractivity contribution in [3.63, 3.8) is 0 Å². The monoisotopic (exact) mass is 868 g/mol. The zero-order chi connectivity index (χ0) is 45.2. The van der Waals surface area contributed by atoms with Crippen LogP contribution in [0.2, 0.25) is 0 Å². The molecule has 0 fully saturated rings. The van der Waals surface area contributed by atoms with E-state index in [4.69, 9.17) is 15.0 Å². The molecule has 0 amide bonds. The quantitative estimate of drug-likeness (QED) is 0.128. The fourth-order valence-electron chi connectivity index (χ4n) is 8.26. The molecule has 0 saturated heterocycles. The number of hydrogen-bond donors (Lipinski definition) is 1. The van der Waals surface area contributed by atoms with Gasteiger partial charge in [-0.05, 0) is 107 Å². The van der Waals surface area contributed by atoms with Crippen LogP contribution in [0, 0.1) is 18.8 Å². The highest BCUT2D eigenvalue weighted by Crippen LogP contribution is 2.35. The van der Waals surface area contributed by atoms with E-state index in [0.29, 0.717) is 17.5 Å². The molecule has 11 rings (SSSR count). The Morgan fingerprint density at radius 1 is 0.470 bits per heavy atom. The van der Waals surface area contributed by atoms with Crippen molar-refractivity contribution >= 4 is 40.0 Å². The maximum absolute atomic E-state index is 4.98. The van der Waals surface area contributed by atoms with Gasteiger partial charge in [0.1, 0.15) is 0 Å². The topological polar surface area (TPSA) is 43.6 Å². The van der Waals surface area contributed by atoms with Crippen LogP contribution in [0.1, 0.15) is 31.4 Å².